The lowest BCUT2D eigenvalue weighted by molar-refractivity contribution is 0.187. The lowest BCUT2D eigenvalue weighted by atomic mass is 10.1. The smallest absolute Gasteiger partial charge is 0.411 e. The van der Waals surface area contributed by atoms with Crippen molar-refractivity contribution in [3.8, 4) is 0 Å². The maximum absolute atomic E-state index is 12.1. The fraction of sp³-hybridized carbons (Fsp3) is 0.294. The van der Waals surface area contributed by atoms with Crippen molar-refractivity contribution in [2.75, 3.05) is 17.7 Å². The lowest BCUT2D eigenvalue weighted by Gasteiger charge is -2.15. The van der Waals surface area contributed by atoms with Crippen LogP contribution in [0, 0.1) is 13.8 Å². The molecule has 0 radical (unpaired) electrons. The molecule has 1 aromatic carbocycles. The van der Waals surface area contributed by atoms with E-state index in [1.54, 1.807) is 35.6 Å². The zero-order valence-corrected chi connectivity index (χ0v) is 14.9. The molecule has 2 rings (SSSR count). The fourth-order valence-electron chi connectivity index (χ4n) is 2.33. The highest BCUT2D eigenvalue weighted by molar-refractivity contribution is 7.12. The Balaban J connectivity index is 1.92. The highest BCUT2D eigenvalue weighted by atomic mass is 32.1. The number of amides is 3. The second-order valence-corrected chi connectivity index (χ2v) is 6.84. The summed E-state index contributed by atoms with van der Waals surface area (Å²) >= 11 is 1.72. The van der Waals surface area contributed by atoms with E-state index in [4.69, 9.17) is 0 Å². The van der Waals surface area contributed by atoms with Gasteiger partial charge in [-0.05, 0) is 56.7 Å². The molecular formula is C17H21N3O3S. The van der Waals surface area contributed by atoms with Crippen molar-refractivity contribution in [3.63, 3.8) is 0 Å². The van der Waals surface area contributed by atoms with E-state index in [9.17, 15) is 9.59 Å². The Morgan fingerprint density at radius 3 is 2.17 bits per heavy atom. The molecule has 0 saturated carbocycles. The van der Waals surface area contributed by atoms with Gasteiger partial charge in [-0.15, -0.1) is 11.3 Å². The van der Waals surface area contributed by atoms with Gasteiger partial charge in [0.25, 0.3) is 0 Å². The van der Waals surface area contributed by atoms with Crippen LogP contribution < -0.4 is 16.0 Å². The molecule has 1 atom stereocenters. The minimum absolute atomic E-state index is 0.0739. The summed E-state index contributed by atoms with van der Waals surface area (Å²) in [7, 11) is 1.30. The summed E-state index contributed by atoms with van der Waals surface area (Å²) in [6, 6.07) is 8.52. The normalized spacial score (nSPS) is 11.5. The maximum atomic E-state index is 12.1. The SMILES string of the molecule is COC(=O)Nc1ccc(NC(=O)NC(C)c2cc(C)sc2C)cc1. The number of rotatable bonds is 4. The first-order valence-corrected chi connectivity index (χ1v) is 8.30. The van der Waals surface area contributed by atoms with Crippen molar-refractivity contribution < 1.29 is 14.3 Å². The number of anilines is 2. The van der Waals surface area contributed by atoms with E-state index in [0.717, 1.165) is 5.56 Å². The van der Waals surface area contributed by atoms with Gasteiger partial charge in [0, 0.05) is 21.1 Å². The summed E-state index contributed by atoms with van der Waals surface area (Å²) in [6.07, 6.45) is -0.538. The van der Waals surface area contributed by atoms with Gasteiger partial charge in [-0.2, -0.15) is 0 Å². The highest BCUT2D eigenvalue weighted by Gasteiger charge is 2.14. The van der Waals surface area contributed by atoms with Crippen molar-refractivity contribution in [2.24, 2.45) is 0 Å². The van der Waals surface area contributed by atoms with E-state index in [1.807, 2.05) is 6.92 Å². The van der Waals surface area contributed by atoms with Crippen LogP contribution in [-0.2, 0) is 4.74 Å². The average molecular weight is 347 g/mol. The fourth-order valence-corrected chi connectivity index (χ4v) is 3.35. The van der Waals surface area contributed by atoms with E-state index in [2.05, 4.69) is 40.6 Å². The number of carbonyl (C=O) groups is 2. The van der Waals surface area contributed by atoms with Gasteiger partial charge in [-0.1, -0.05) is 0 Å². The number of urea groups is 1. The molecule has 0 aliphatic heterocycles. The van der Waals surface area contributed by atoms with Crippen LogP contribution in [-0.4, -0.2) is 19.2 Å². The first-order valence-electron chi connectivity index (χ1n) is 7.48. The molecule has 6 nitrogen and oxygen atoms in total. The summed E-state index contributed by atoms with van der Waals surface area (Å²) in [5, 5.41) is 8.24. The summed E-state index contributed by atoms with van der Waals surface area (Å²) in [5.74, 6) is 0. The van der Waals surface area contributed by atoms with Gasteiger partial charge in [0.15, 0.2) is 0 Å². The number of hydrogen-bond donors (Lipinski definition) is 3. The second-order valence-electron chi connectivity index (χ2n) is 5.38. The minimum atomic E-state index is -0.538. The zero-order chi connectivity index (χ0) is 17.7. The van der Waals surface area contributed by atoms with Gasteiger partial charge in [-0.3, -0.25) is 5.32 Å². The van der Waals surface area contributed by atoms with Gasteiger partial charge in [0.2, 0.25) is 0 Å². The van der Waals surface area contributed by atoms with E-state index >= 15 is 0 Å². The Morgan fingerprint density at radius 1 is 1.08 bits per heavy atom. The van der Waals surface area contributed by atoms with Gasteiger partial charge >= 0.3 is 12.1 Å². The molecular weight excluding hydrogens is 326 g/mol. The number of thiophene rings is 1. The summed E-state index contributed by atoms with van der Waals surface area (Å²) < 4.78 is 4.52. The molecule has 3 amide bonds. The van der Waals surface area contributed by atoms with E-state index < -0.39 is 6.09 Å². The van der Waals surface area contributed by atoms with E-state index in [0.29, 0.717) is 11.4 Å². The van der Waals surface area contributed by atoms with E-state index in [1.165, 1.54) is 16.9 Å². The Hall–Kier alpha value is -2.54. The number of benzene rings is 1. The van der Waals surface area contributed by atoms with Crippen molar-refractivity contribution in [3.05, 3.63) is 45.6 Å². The largest absolute Gasteiger partial charge is 0.453 e. The summed E-state index contributed by atoms with van der Waals surface area (Å²) in [6.45, 7) is 6.06. The summed E-state index contributed by atoms with van der Waals surface area (Å²) in [5.41, 5.74) is 2.35. The lowest BCUT2D eigenvalue weighted by Crippen LogP contribution is -2.31. The topological polar surface area (TPSA) is 79.5 Å². The minimum Gasteiger partial charge on any atom is -0.453 e. The predicted molar refractivity (Wildman–Crippen MR) is 96.8 cm³/mol. The number of aryl methyl sites for hydroxylation is 2. The molecule has 7 heteroatoms. The first-order chi connectivity index (χ1) is 11.4. The van der Waals surface area contributed by atoms with Crippen LogP contribution in [0.4, 0.5) is 21.0 Å². The molecule has 0 spiro atoms. The molecule has 1 aromatic heterocycles. The van der Waals surface area contributed by atoms with E-state index in [-0.39, 0.29) is 12.1 Å². The van der Waals surface area contributed by atoms with Crippen LogP contribution in [0.15, 0.2) is 30.3 Å². The molecule has 0 saturated heterocycles. The number of nitrogens with one attached hydrogen (secondary N) is 3. The number of hydrogen-bond acceptors (Lipinski definition) is 4. The molecule has 0 aliphatic carbocycles. The van der Waals surface area contributed by atoms with Crippen molar-refractivity contribution in [1.29, 1.82) is 0 Å². The quantitative estimate of drug-likeness (QED) is 0.765. The van der Waals surface area contributed by atoms with Gasteiger partial charge in [0.1, 0.15) is 0 Å². The predicted octanol–water partition coefficient (Wildman–Crippen LogP) is 4.43. The third-order valence-electron chi connectivity index (χ3n) is 3.47. The molecule has 1 heterocycles. The Morgan fingerprint density at radius 2 is 1.67 bits per heavy atom. The summed E-state index contributed by atoms with van der Waals surface area (Å²) in [4.78, 5) is 25.7. The van der Waals surface area contributed by atoms with Crippen LogP contribution in [0.2, 0.25) is 0 Å². The van der Waals surface area contributed by atoms with Crippen molar-refractivity contribution in [1.82, 2.24) is 5.32 Å². The second kappa shape index (κ2) is 7.83. The Bertz CT molecular complexity index is 725. The Kier molecular flexibility index (Phi) is 5.81. The standard InChI is InChI=1S/C17H21N3O3S/c1-10-9-15(12(3)24-10)11(2)18-16(21)19-13-5-7-14(8-6-13)20-17(22)23-4/h5-9,11H,1-4H3,(H,20,22)(H2,18,19,21). The molecule has 0 bridgehead atoms. The molecule has 1 unspecified atom stereocenters. The maximum Gasteiger partial charge on any atom is 0.411 e. The number of methoxy groups -OCH3 is 1. The van der Waals surface area contributed by atoms with Crippen LogP contribution in [0.25, 0.3) is 0 Å². The monoisotopic (exact) mass is 347 g/mol. The van der Waals surface area contributed by atoms with Crippen LogP contribution in [0.3, 0.4) is 0 Å². The number of ether oxygens (including phenoxy) is 1. The molecule has 2 aromatic rings. The van der Waals surface area contributed by atoms with Crippen LogP contribution in [0.1, 0.15) is 28.3 Å². The van der Waals surface area contributed by atoms with Crippen molar-refractivity contribution >= 4 is 34.8 Å². The molecule has 0 fully saturated rings. The van der Waals surface area contributed by atoms with Gasteiger partial charge < -0.3 is 15.4 Å². The van der Waals surface area contributed by atoms with Crippen LogP contribution >= 0.6 is 11.3 Å². The van der Waals surface area contributed by atoms with Gasteiger partial charge in [-0.25, -0.2) is 9.59 Å². The molecule has 3 N–H and O–H groups in total. The Labute approximate surface area is 145 Å². The molecule has 24 heavy (non-hydrogen) atoms. The van der Waals surface area contributed by atoms with Crippen LogP contribution in [0.5, 0.6) is 0 Å². The number of carbonyl (C=O) groups excluding carboxylic acids is 2. The molecule has 128 valence electrons. The molecule has 0 aliphatic rings. The zero-order valence-electron chi connectivity index (χ0n) is 14.1. The highest BCUT2D eigenvalue weighted by Crippen LogP contribution is 2.26. The third kappa shape index (κ3) is 4.73. The first kappa shape index (κ1) is 17.8. The average Bonchev–Trinajstić information content (AvgIpc) is 2.87. The van der Waals surface area contributed by atoms with Crippen molar-refractivity contribution in [2.45, 2.75) is 26.8 Å². The van der Waals surface area contributed by atoms with Gasteiger partial charge in [0.05, 0.1) is 13.2 Å². The third-order valence-corrected chi connectivity index (χ3v) is 4.45.